The molecular weight excluding hydrogens is 138 g/mol. The number of hydrogen-bond donors (Lipinski definition) is 2. The van der Waals surface area contributed by atoms with Gasteiger partial charge in [0.2, 0.25) is 0 Å². The second-order valence-corrected chi connectivity index (χ2v) is 3.11. The predicted molar refractivity (Wildman–Crippen MR) is 47.3 cm³/mol. The van der Waals surface area contributed by atoms with Crippen LogP contribution in [0, 0.1) is 0 Å². The number of likely N-dealkylation sites (tertiary alicyclic amines) is 1. The molecule has 1 fully saturated rings. The zero-order chi connectivity index (χ0) is 7.94. The Morgan fingerprint density at radius 2 is 1.91 bits per heavy atom. The first-order chi connectivity index (χ1) is 5.43. The highest BCUT2D eigenvalue weighted by atomic mass is 15.1. The van der Waals surface area contributed by atoms with E-state index >= 15 is 0 Å². The molecule has 0 atom stereocenters. The van der Waals surface area contributed by atoms with E-state index in [0.717, 1.165) is 13.1 Å². The van der Waals surface area contributed by atoms with Crippen molar-refractivity contribution < 1.29 is 0 Å². The van der Waals surface area contributed by atoms with Crippen LogP contribution >= 0.6 is 0 Å². The molecule has 0 aromatic rings. The lowest BCUT2D eigenvalue weighted by molar-refractivity contribution is 0.229. The number of rotatable bonds is 4. The topological polar surface area (TPSA) is 41.3 Å². The van der Waals surface area contributed by atoms with E-state index in [1.165, 1.54) is 32.4 Å². The second-order valence-electron chi connectivity index (χ2n) is 3.11. The third-order valence-corrected chi connectivity index (χ3v) is 2.20. The van der Waals surface area contributed by atoms with Gasteiger partial charge in [0, 0.05) is 19.8 Å². The highest BCUT2D eigenvalue weighted by Gasteiger charge is 2.07. The third-order valence-electron chi connectivity index (χ3n) is 2.20. The molecule has 1 saturated heterocycles. The Bertz CT molecular complexity index is 89.3. The minimum absolute atomic E-state index is 0.605. The van der Waals surface area contributed by atoms with E-state index in [-0.39, 0.29) is 0 Å². The first-order valence-corrected chi connectivity index (χ1v) is 4.56. The maximum atomic E-state index is 5.31. The molecule has 0 bridgehead atoms. The van der Waals surface area contributed by atoms with Crippen molar-refractivity contribution in [3.8, 4) is 0 Å². The van der Waals surface area contributed by atoms with Crippen molar-refractivity contribution in [3.63, 3.8) is 0 Å². The number of nitrogens with two attached hydrogens (primary N) is 1. The number of hydrogen-bond acceptors (Lipinski definition) is 3. The predicted octanol–water partition coefficient (Wildman–Crippen LogP) is -0.0219. The molecule has 11 heavy (non-hydrogen) atoms. The van der Waals surface area contributed by atoms with E-state index < -0.39 is 0 Å². The molecule has 0 radical (unpaired) electrons. The van der Waals surface area contributed by atoms with Gasteiger partial charge in [-0.05, 0) is 25.9 Å². The van der Waals surface area contributed by atoms with Gasteiger partial charge in [0.25, 0.3) is 0 Å². The van der Waals surface area contributed by atoms with Crippen LogP contribution in [-0.4, -0.2) is 37.7 Å². The molecule has 0 amide bonds. The molecule has 1 aliphatic rings. The van der Waals surface area contributed by atoms with E-state index in [2.05, 4.69) is 10.2 Å². The Balaban J connectivity index is 1.96. The van der Waals surface area contributed by atoms with Crippen LogP contribution in [-0.2, 0) is 0 Å². The van der Waals surface area contributed by atoms with Crippen LogP contribution in [0.1, 0.15) is 19.3 Å². The SMILES string of the molecule is NCNCCN1CCCCC1. The van der Waals surface area contributed by atoms with Crippen LogP contribution in [0.25, 0.3) is 0 Å². The Labute approximate surface area is 68.9 Å². The fourth-order valence-corrected chi connectivity index (χ4v) is 1.52. The zero-order valence-electron chi connectivity index (χ0n) is 7.18. The summed E-state index contributed by atoms with van der Waals surface area (Å²) < 4.78 is 0. The van der Waals surface area contributed by atoms with E-state index in [1.807, 2.05) is 0 Å². The van der Waals surface area contributed by atoms with E-state index in [4.69, 9.17) is 5.73 Å². The average molecular weight is 157 g/mol. The van der Waals surface area contributed by atoms with Gasteiger partial charge in [-0.3, -0.25) is 0 Å². The van der Waals surface area contributed by atoms with Gasteiger partial charge in [0.05, 0.1) is 0 Å². The lowest BCUT2D eigenvalue weighted by atomic mass is 10.1. The molecule has 1 rings (SSSR count). The summed E-state index contributed by atoms with van der Waals surface area (Å²) in [6.07, 6.45) is 4.17. The molecule has 66 valence electrons. The van der Waals surface area contributed by atoms with Crippen LogP contribution in [0.3, 0.4) is 0 Å². The van der Waals surface area contributed by atoms with Crippen LogP contribution in [0.15, 0.2) is 0 Å². The highest BCUT2D eigenvalue weighted by Crippen LogP contribution is 2.06. The summed E-state index contributed by atoms with van der Waals surface area (Å²) in [4.78, 5) is 2.51. The fraction of sp³-hybridized carbons (Fsp3) is 1.00. The first kappa shape index (κ1) is 8.97. The van der Waals surface area contributed by atoms with Crippen molar-refractivity contribution in [1.82, 2.24) is 10.2 Å². The molecule has 0 spiro atoms. The van der Waals surface area contributed by atoms with E-state index in [9.17, 15) is 0 Å². The van der Waals surface area contributed by atoms with Crippen LogP contribution in [0.4, 0.5) is 0 Å². The lowest BCUT2D eigenvalue weighted by Crippen LogP contribution is -2.37. The van der Waals surface area contributed by atoms with Crippen molar-refractivity contribution in [3.05, 3.63) is 0 Å². The largest absolute Gasteiger partial charge is 0.318 e. The van der Waals surface area contributed by atoms with E-state index in [1.54, 1.807) is 0 Å². The molecule has 3 heteroatoms. The maximum Gasteiger partial charge on any atom is 0.0429 e. The van der Waals surface area contributed by atoms with Crippen molar-refractivity contribution >= 4 is 0 Å². The third kappa shape index (κ3) is 3.70. The normalized spacial score (nSPS) is 20.5. The summed E-state index contributed by atoms with van der Waals surface area (Å²) in [5.74, 6) is 0. The Morgan fingerprint density at radius 3 is 2.55 bits per heavy atom. The smallest absolute Gasteiger partial charge is 0.0429 e. The molecule has 3 N–H and O–H groups in total. The summed E-state index contributed by atoms with van der Waals surface area (Å²) >= 11 is 0. The number of nitrogens with one attached hydrogen (secondary N) is 1. The molecule has 0 unspecified atom stereocenters. The van der Waals surface area contributed by atoms with Gasteiger partial charge in [0.1, 0.15) is 0 Å². The zero-order valence-corrected chi connectivity index (χ0v) is 7.18. The summed E-state index contributed by atoms with van der Waals surface area (Å²) in [5, 5.41) is 3.13. The van der Waals surface area contributed by atoms with Crippen LogP contribution in [0.2, 0.25) is 0 Å². The van der Waals surface area contributed by atoms with Crippen molar-refractivity contribution in [2.75, 3.05) is 32.8 Å². The summed E-state index contributed by atoms with van der Waals surface area (Å²) in [6, 6.07) is 0. The Hall–Kier alpha value is -0.120. The number of piperidine rings is 1. The fourth-order valence-electron chi connectivity index (χ4n) is 1.52. The van der Waals surface area contributed by atoms with Crippen molar-refractivity contribution in [2.45, 2.75) is 19.3 Å². The molecule has 0 aliphatic carbocycles. The standard InChI is InChI=1S/C8H19N3/c9-8-10-4-7-11-5-2-1-3-6-11/h10H,1-9H2. The molecule has 1 heterocycles. The molecular formula is C8H19N3. The van der Waals surface area contributed by atoms with Crippen molar-refractivity contribution in [2.24, 2.45) is 5.73 Å². The van der Waals surface area contributed by atoms with Crippen molar-refractivity contribution in [1.29, 1.82) is 0 Å². The van der Waals surface area contributed by atoms with Gasteiger partial charge < -0.3 is 16.0 Å². The Kier molecular flexibility index (Phi) is 4.50. The Morgan fingerprint density at radius 1 is 1.18 bits per heavy atom. The first-order valence-electron chi connectivity index (χ1n) is 4.56. The van der Waals surface area contributed by atoms with Gasteiger partial charge >= 0.3 is 0 Å². The minimum Gasteiger partial charge on any atom is -0.318 e. The highest BCUT2D eigenvalue weighted by molar-refractivity contribution is 4.64. The summed E-state index contributed by atoms with van der Waals surface area (Å²) in [7, 11) is 0. The summed E-state index contributed by atoms with van der Waals surface area (Å²) in [6.45, 7) is 5.38. The molecule has 1 aliphatic heterocycles. The molecule has 0 aromatic heterocycles. The van der Waals surface area contributed by atoms with Crippen LogP contribution in [0.5, 0.6) is 0 Å². The van der Waals surface area contributed by atoms with Gasteiger partial charge in [-0.25, -0.2) is 0 Å². The van der Waals surface area contributed by atoms with Gasteiger partial charge in [-0.1, -0.05) is 6.42 Å². The van der Waals surface area contributed by atoms with Gasteiger partial charge in [0.15, 0.2) is 0 Å². The lowest BCUT2D eigenvalue weighted by Gasteiger charge is -2.26. The monoisotopic (exact) mass is 157 g/mol. The second kappa shape index (κ2) is 5.52. The summed E-state index contributed by atoms with van der Waals surface area (Å²) in [5.41, 5.74) is 5.31. The van der Waals surface area contributed by atoms with Gasteiger partial charge in [-0.2, -0.15) is 0 Å². The van der Waals surface area contributed by atoms with Crippen LogP contribution < -0.4 is 11.1 Å². The quantitative estimate of drug-likeness (QED) is 0.445. The average Bonchev–Trinajstić information content (AvgIpc) is 2.07. The molecule has 0 saturated carbocycles. The minimum atomic E-state index is 0.605. The molecule has 0 aromatic carbocycles. The number of nitrogens with zero attached hydrogens (tertiary/aromatic N) is 1. The van der Waals surface area contributed by atoms with E-state index in [0.29, 0.717) is 6.67 Å². The maximum absolute atomic E-state index is 5.31. The molecule has 3 nitrogen and oxygen atoms in total. The van der Waals surface area contributed by atoms with Gasteiger partial charge in [-0.15, -0.1) is 0 Å².